The normalized spacial score (nSPS) is 16.4. The molecule has 1 aliphatic carbocycles. The molecule has 1 saturated carbocycles. The number of amides is 1. The average Bonchev–Trinajstić information content (AvgIpc) is 2.37. The minimum atomic E-state index is 0.0130. The predicted octanol–water partition coefficient (Wildman–Crippen LogP) is 2.64. The Morgan fingerprint density at radius 1 is 1.33 bits per heavy atom. The molecule has 4 nitrogen and oxygen atoms in total. The summed E-state index contributed by atoms with van der Waals surface area (Å²) in [5.74, 6) is 0.0130. The first-order chi connectivity index (χ1) is 9.98. The molecule has 0 atom stereocenters. The van der Waals surface area contributed by atoms with Gasteiger partial charge in [0, 0.05) is 24.3 Å². The van der Waals surface area contributed by atoms with Crippen LogP contribution in [-0.2, 0) is 0 Å². The van der Waals surface area contributed by atoms with Gasteiger partial charge < -0.3 is 15.5 Å². The largest absolute Gasteiger partial charge is 0.385 e. The first-order valence-corrected chi connectivity index (χ1v) is 7.79. The molecule has 1 aromatic carbocycles. The molecule has 0 heterocycles. The van der Waals surface area contributed by atoms with Crippen LogP contribution >= 0.6 is 0 Å². The summed E-state index contributed by atoms with van der Waals surface area (Å²) >= 11 is 0. The van der Waals surface area contributed by atoms with Gasteiger partial charge in [-0.1, -0.05) is 6.07 Å². The Bertz CT molecular complexity index is 507. The van der Waals surface area contributed by atoms with E-state index in [1.807, 2.05) is 32.0 Å². The summed E-state index contributed by atoms with van der Waals surface area (Å²) in [5.41, 5.74) is 2.96. The van der Waals surface area contributed by atoms with Crippen molar-refractivity contribution in [2.45, 2.75) is 38.6 Å². The molecule has 0 bridgehead atoms. The van der Waals surface area contributed by atoms with E-state index in [2.05, 4.69) is 29.6 Å². The lowest BCUT2D eigenvalue weighted by Gasteiger charge is -2.47. The van der Waals surface area contributed by atoms with E-state index in [0.717, 1.165) is 42.7 Å². The smallest absolute Gasteiger partial charge is 0.253 e. The van der Waals surface area contributed by atoms with E-state index in [-0.39, 0.29) is 11.4 Å². The van der Waals surface area contributed by atoms with Crippen LogP contribution in [0.4, 0.5) is 5.69 Å². The van der Waals surface area contributed by atoms with Gasteiger partial charge in [-0.25, -0.2) is 0 Å². The molecule has 1 fully saturated rings. The highest BCUT2D eigenvalue weighted by atomic mass is 16.1. The number of rotatable bonds is 6. The Balaban J connectivity index is 2.06. The van der Waals surface area contributed by atoms with Crippen molar-refractivity contribution in [2.24, 2.45) is 0 Å². The molecule has 0 saturated heterocycles. The standard InChI is InChI=1S/C17H27N3O/c1-5-18-15-11-13(2)7-8-14(15)16(21)19-12-17(20(3)4)9-6-10-17/h7-8,11,18H,5-6,9-10,12H2,1-4H3,(H,19,21). The third-order valence-corrected chi connectivity index (χ3v) is 4.60. The third kappa shape index (κ3) is 3.38. The van der Waals surface area contributed by atoms with Crippen molar-refractivity contribution in [1.29, 1.82) is 0 Å². The number of hydrogen-bond donors (Lipinski definition) is 2. The summed E-state index contributed by atoms with van der Waals surface area (Å²) < 4.78 is 0. The maximum absolute atomic E-state index is 12.5. The number of hydrogen-bond acceptors (Lipinski definition) is 3. The number of nitrogens with zero attached hydrogens (tertiary/aromatic N) is 1. The summed E-state index contributed by atoms with van der Waals surface area (Å²) in [6.45, 7) is 5.61. The second-order valence-electron chi connectivity index (χ2n) is 6.23. The maximum atomic E-state index is 12.5. The second-order valence-corrected chi connectivity index (χ2v) is 6.23. The lowest BCUT2D eigenvalue weighted by atomic mass is 9.75. The van der Waals surface area contributed by atoms with Crippen molar-refractivity contribution in [3.63, 3.8) is 0 Å². The van der Waals surface area contributed by atoms with E-state index < -0.39 is 0 Å². The van der Waals surface area contributed by atoms with E-state index in [1.54, 1.807) is 0 Å². The highest BCUT2D eigenvalue weighted by molar-refractivity contribution is 5.99. The average molecular weight is 289 g/mol. The quantitative estimate of drug-likeness (QED) is 0.846. The molecule has 2 rings (SSSR count). The SMILES string of the molecule is CCNc1cc(C)ccc1C(=O)NCC1(N(C)C)CCC1. The van der Waals surface area contributed by atoms with Gasteiger partial charge in [0.25, 0.3) is 5.91 Å². The molecule has 0 unspecified atom stereocenters. The van der Waals surface area contributed by atoms with Gasteiger partial charge in [-0.15, -0.1) is 0 Å². The van der Waals surface area contributed by atoms with E-state index in [4.69, 9.17) is 0 Å². The van der Waals surface area contributed by atoms with Crippen molar-refractivity contribution in [3.8, 4) is 0 Å². The van der Waals surface area contributed by atoms with Gasteiger partial charge in [0.1, 0.15) is 0 Å². The zero-order valence-corrected chi connectivity index (χ0v) is 13.6. The summed E-state index contributed by atoms with van der Waals surface area (Å²) in [4.78, 5) is 14.7. The number of benzene rings is 1. The van der Waals surface area contributed by atoms with E-state index in [9.17, 15) is 4.79 Å². The van der Waals surface area contributed by atoms with Gasteiger partial charge in [0.15, 0.2) is 0 Å². The number of carbonyl (C=O) groups excluding carboxylic acids is 1. The van der Waals surface area contributed by atoms with Crippen LogP contribution in [0, 0.1) is 6.92 Å². The van der Waals surface area contributed by atoms with Gasteiger partial charge in [-0.3, -0.25) is 4.79 Å². The van der Waals surface area contributed by atoms with Crippen LogP contribution in [0.25, 0.3) is 0 Å². The van der Waals surface area contributed by atoms with Crippen LogP contribution in [-0.4, -0.2) is 43.5 Å². The molecular formula is C17H27N3O. The molecule has 0 spiro atoms. The van der Waals surface area contributed by atoms with Crippen LogP contribution in [0.1, 0.15) is 42.1 Å². The Labute approximate surface area is 127 Å². The van der Waals surface area contributed by atoms with Crippen molar-refractivity contribution in [2.75, 3.05) is 32.5 Å². The van der Waals surface area contributed by atoms with Crippen LogP contribution in [0.3, 0.4) is 0 Å². The van der Waals surface area contributed by atoms with Gasteiger partial charge >= 0.3 is 0 Å². The van der Waals surface area contributed by atoms with Crippen LogP contribution in [0.5, 0.6) is 0 Å². The van der Waals surface area contributed by atoms with Crippen molar-refractivity contribution in [3.05, 3.63) is 29.3 Å². The zero-order valence-electron chi connectivity index (χ0n) is 13.6. The summed E-state index contributed by atoms with van der Waals surface area (Å²) in [6, 6.07) is 5.93. The molecule has 1 aromatic rings. The fraction of sp³-hybridized carbons (Fsp3) is 0.588. The lowest BCUT2D eigenvalue weighted by Crippen LogP contribution is -2.57. The molecule has 116 valence electrons. The Morgan fingerprint density at radius 3 is 2.57 bits per heavy atom. The molecule has 1 amide bonds. The van der Waals surface area contributed by atoms with Gasteiger partial charge in [0.2, 0.25) is 0 Å². The van der Waals surface area contributed by atoms with Gasteiger partial charge in [0.05, 0.1) is 5.56 Å². The van der Waals surface area contributed by atoms with E-state index in [0.29, 0.717) is 0 Å². The van der Waals surface area contributed by atoms with E-state index in [1.165, 1.54) is 6.42 Å². The number of nitrogens with one attached hydrogen (secondary N) is 2. The fourth-order valence-electron chi connectivity index (χ4n) is 2.90. The molecular weight excluding hydrogens is 262 g/mol. The molecule has 0 aliphatic heterocycles. The zero-order chi connectivity index (χ0) is 15.5. The number of likely N-dealkylation sites (N-methyl/N-ethyl adjacent to an activating group) is 1. The topological polar surface area (TPSA) is 44.4 Å². The molecule has 4 heteroatoms. The van der Waals surface area contributed by atoms with Gasteiger partial charge in [-0.05, 0) is 64.9 Å². The highest BCUT2D eigenvalue weighted by Gasteiger charge is 2.39. The van der Waals surface area contributed by atoms with Crippen LogP contribution in [0.15, 0.2) is 18.2 Å². The molecule has 0 aromatic heterocycles. The van der Waals surface area contributed by atoms with Crippen LogP contribution in [0.2, 0.25) is 0 Å². The lowest BCUT2D eigenvalue weighted by molar-refractivity contribution is 0.0558. The van der Waals surface area contributed by atoms with Crippen molar-refractivity contribution in [1.82, 2.24) is 10.2 Å². The first kappa shape index (κ1) is 15.8. The highest BCUT2D eigenvalue weighted by Crippen LogP contribution is 2.35. The first-order valence-electron chi connectivity index (χ1n) is 7.79. The Morgan fingerprint density at radius 2 is 2.05 bits per heavy atom. The van der Waals surface area contributed by atoms with E-state index >= 15 is 0 Å². The number of aryl methyl sites for hydroxylation is 1. The fourth-order valence-corrected chi connectivity index (χ4v) is 2.90. The number of anilines is 1. The maximum Gasteiger partial charge on any atom is 0.253 e. The molecule has 21 heavy (non-hydrogen) atoms. The van der Waals surface area contributed by atoms with Crippen molar-refractivity contribution < 1.29 is 4.79 Å². The minimum Gasteiger partial charge on any atom is -0.385 e. The monoisotopic (exact) mass is 289 g/mol. The van der Waals surface area contributed by atoms with Crippen molar-refractivity contribution >= 4 is 11.6 Å². The van der Waals surface area contributed by atoms with Crippen LogP contribution < -0.4 is 10.6 Å². The molecule has 1 aliphatic rings. The summed E-state index contributed by atoms with van der Waals surface area (Å²) in [5, 5.41) is 6.40. The Hall–Kier alpha value is -1.55. The number of carbonyl (C=O) groups is 1. The second kappa shape index (κ2) is 6.48. The molecule has 2 N–H and O–H groups in total. The predicted molar refractivity (Wildman–Crippen MR) is 87.9 cm³/mol. The Kier molecular flexibility index (Phi) is 4.88. The molecule has 0 radical (unpaired) electrons. The minimum absolute atomic E-state index is 0.0130. The van der Waals surface area contributed by atoms with Gasteiger partial charge in [-0.2, -0.15) is 0 Å². The summed E-state index contributed by atoms with van der Waals surface area (Å²) in [7, 11) is 4.20. The third-order valence-electron chi connectivity index (χ3n) is 4.60. The summed E-state index contributed by atoms with van der Waals surface area (Å²) in [6.07, 6.45) is 3.57.